The molecule has 1 aromatic heterocycles. The highest BCUT2D eigenvalue weighted by Crippen LogP contribution is 2.32. The molecule has 3 aromatic rings. The van der Waals surface area contributed by atoms with Crippen molar-refractivity contribution >= 4 is 16.9 Å². The third kappa shape index (κ3) is 1.95. The maximum absolute atomic E-state index is 11.7. The maximum Gasteiger partial charge on any atom is 0.231 e. The van der Waals surface area contributed by atoms with E-state index in [0.29, 0.717) is 28.1 Å². The molecule has 4 heteroatoms. The van der Waals surface area contributed by atoms with E-state index in [-0.39, 0.29) is 11.5 Å². The summed E-state index contributed by atoms with van der Waals surface area (Å²) in [5.41, 5.74) is 3.04. The van der Waals surface area contributed by atoms with Crippen molar-refractivity contribution in [3.63, 3.8) is 0 Å². The quantitative estimate of drug-likeness (QED) is 0.719. The molecule has 0 aliphatic carbocycles. The summed E-state index contributed by atoms with van der Waals surface area (Å²) in [6.07, 6.45) is 0. The van der Waals surface area contributed by atoms with E-state index in [1.807, 2.05) is 13.0 Å². The van der Waals surface area contributed by atoms with Crippen LogP contribution in [0.15, 0.2) is 40.8 Å². The maximum atomic E-state index is 11.7. The molecular weight excluding hydrogens is 254 g/mol. The van der Waals surface area contributed by atoms with Crippen LogP contribution in [0.2, 0.25) is 0 Å². The van der Waals surface area contributed by atoms with Gasteiger partial charge < -0.3 is 9.52 Å². The van der Waals surface area contributed by atoms with E-state index < -0.39 is 0 Å². The number of carbonyl (C=O) groups is 1. The molecule has 20 heavy (non-hydrogen) atoms. The first-order chi connectivity index (χ1) is 9.56. The number of ketones is 1. The molecular formula is C16H13NO3. The van der Waals surface area contributed by atoms with Crippen molar-refractivity contribution < 1.29 is 14.3 Å². The molecule has 0 saturated carbocycles. The zero-order valence-corrected chi connectivity index (χ0v) is 11.2. The van der Waals surface area contributed by atoms with Crippen molar-refractivity contribution in [2.45, 2.75) is 13.8 Å². The molecule has 3 rings (SSSR count). The Morgan fingerprint density at radius 1 is 1.25 bits per heavy atom. The average Bonchev–Trinajstić information content (AvgIpc) is 2.81. The second kappa shape index (κ2) is 4.49. The van der Waals surface area contributed by atoms with Gasteiger partial charge in [0.05, 0.1) is 11.1 Å². The Morgan fingerprint density at radius 3 is 2.70 bits per heavy atom. The Kier molecular flexibility index (Phi) is 2.79. The molecule has 0 spiro atoms. The number of aromatic hydroxyl groups is 1. The van der Waals surface area contributed by atoms with Crippen molar-refractivity contribution in [1.29, 1.82) is 0 Å². The number of phenols is 1. The molecule has 0 aliphatic rings. The number of Topliss-reactive ketones (excluding diaryl/α,β-unsaturated/α-hetero) is 1. The molecule has 1 heterocycles. The van der Waals surface area contributed by atoms with Crippen LogP contribution in [-0.2, 0) is 0 Å². The number of rotatable bonds is 2. The normalized spacial score (nSPS) is 10.9. The highest BCUT2D eigenvalue weighted by atomic mass is 16.4. The van der Waals surface area contributed by atoms with Crippen molar-refractivity contribution in [3.8, 4) is 17.2 Å². The predicted molar refractivity (Wildman–Crippen MR) is 75.9 cm³/mol. The monoisotopic (exact) mass is 267 g/mol. The lowest BCUT2D eigenvalue weighted by Crippen LogP contribution is -1.93. The number of benzene rings is 2. The topological polar surface area (TPSA) is 63.3 Å². The van der Waals surface area contributed by atoms with Crippen molar-refractivity contribution in [3.05, 3.63) is 47.5 Å². The lowest BCUT2D eigenvalue weighted by atomic mass is 10.1. The summed E-state index contributed by atoms with van der Waals surface area (Å²) in [5, 5.41) is 9.86. The Balaban J connectivity index is 2.28. The van der Waals surface area contributed by atoms with Crippen molar-refractivity contribution in [2.75, 3.05) is 0 Å². The second-order valence-corrected chi connectivity index (χ2v) is 4.75. The average molecular weight is 267 g/mol. The number of aryl methyl sites for hydroxylation is 1. The predicted octanol–water partition coefficient (Wildman–Crippen LogP) is 3.71. The SMILES string of the molecule is CC(=O)c1cc(C)cc2nc(-c3ccccc3O)oc12. The first-order valence-electron chi connectivity index (χ1n) is 6.27. The van der Waals surface area contributed by atoms with Crippen molar-refractivity contribution in [2.24, 2.45) is 0 Å². The Labute approximate surface area is 115 Å². The third-order valence-electron chi connectivity index (χ3n) is 3.15. The number of phenolic OH excluding ortho intramolecular Hbond substituents is 1. The molecule has 2 aromatic carbocycles. The minimum absolute atomic E-state index is 0.0707. The lowest BCUT2D eigenvalue weighted by molar-refractivity contribution is 0.101. The fourth-order valence-corrected chi connectivity index (χ4v) is 2.20. The minimum atomic E-state index is -0.0707. The number of aromatic nitrogens is 1. The zero-order valence-electron chi connectivity index (χ0n) is 11.2. The number of para-hydroxylation sites is 1. The Hall–Kier alpha value is -2.62. The van der Waals surface area contributed by atoms with E-state index >= 15 is 0 Å². The number of carbonyl (C=O) groups excluding carboxylic acids is 1. The smallest absolute Gasteiger partial charge is 0.231 e. The van der Waals surface area contributed by atoms with Gasteiger partial charge in [-0.05, 0) is 43.7 Å². The highest BCUT2D eigenvalue weighted by molar-refractivity contribution is 6.04. The van der Waals surface area contributed by atoms with E-state index in [9.17, 15) is 9.90 Å². The van der Waals surface area contributed by atoms with Crippen LogP contribution in [-0.4, -0.2) is 15.9 Å². The summed E-state index contributed by atoms with van der Waals surface area (Å²) < 4.78 is 5.69. The molecule has 0 saturated heterocycles. The van der Waals surface area contributed by atoms with Crippen LogP contribution >= 0.6 is 0 Å². The first-order valence-corrected chi connectivity index (χ1v) is 6.27. The molecule has 0 bridgehead atoms. The second-order valence-electron chi connectivity index (χ2n) is 4.75. The van der Waals surface area contributed by atoms with Gasteiger partial charge in [-0.2, -0.15) is 0 Å². The molecule has 0 atom stereocenters. The fourth-order valence-electron chi connectivity index (χ4n) is 2.20. The summed E-state index contributed by atoms with van der Waals surface area (Å²) in [5.74, 6) is 0.338. The number of nitrogens with zero attached hydrogens (tertiary/aromatic N) is 1. The fraction of sp³-hybridized carbons (Fsp3) is 0.125. The number of fused-ring (bicyclic) bond motifs is 1. The zero-order chi connectivity index (χ0) is 14.3. The van der Waals surface area contributed by atoms with Gasteiger partial charge in [-0.25, -0.2) is 4.98 Å². The van der Waals surface area contributed by atoms with Gasteiger partial charge in [0.2, 0.25) is 5.89 Å². The molecule has 100 valence electrons. The van der Waals surface area contributed by atoms with Crippen molar-refractivity contribution in [1.82, 2.24) is 4.98 Å². The number of hydrogen-bond donors (Lipinski definition) is 1. The molecule has 4 nitrogen and oxygen atoms in total. The Bertz CT molecular complexity index is 818. The van der Waals surface area contributed by atoms with Crippen LogP contribution < -0.4 is 0 Å². The van der Waals surface area contributed by atoms with Gasteiger partial charge in [0, 0.05) is 0 Å². The largest absolute Gasteiger partial charge is 0.507 e. The third-order valence-corrected chi connectivity index (χ3v) is 3.15. The van der Waals surface area contributed by atoms with Gasteiger partial charge in [0.1, 0.15) is 11.3 Å². The number of hydrogen-bond acceptors (Lipinski definition) is 4. The molecule has 0 fully saturated rings. The van der Waals surface area contributed by atoms with Crippen LogP contribution in [0.5, 0.6) is 5.75 Å². The molecule has 0 amide bonds. The van der Waals surface area contributed by atoms with Crippen LogP contribution in [0.4, 0.5) is 0 Å². The summed E-state index contributed by atoms with van der Waals surface area (Å²) in [7, 11) is 0. The van der Waals surface area contributed by atoms with E-state index in [1.165, 1.54) is 6.92 Å². The van der Waals surface area contributed by atoms with Crippen LogP contribution in [0.1, 0.15) is 22.8 Å². The Morgan fingerprint density at radius 2 is 2.00 bits per heavy atom. The van der Waals surface area contributed by atoms with Crippen LogP contribution in [0.25, 0.3) is 22.6 Å². The molecule has 0 radical (unpaired) electrons. The summed E-state index contributed by atoms with van der Waals surface area (Å²) >= 11 is 0. The van der Waals surface area contributed by atoms with Gasteiger partial charge in [-0.3, -0.25) is 4.79 Å². The first kappa shape index (κ1) is 12.4. The number of oxazole rings is 1. The van der Waals surface area contributed by atoms with Gasteiger partial charge in [0.25, 0.3) is 0 Å². The van der Waals surface area contributed by atoms with Crippen LogP contribution in [0, 0.1) is 6.92 Å². The standard InChI is InChI=1S/C16H13NO3/c1-9-7-12(10(2)18)15-13(8-9)17-16(20-15)11-5-3-4-6-14(11)19/h3-8,19H,1-2H3. The molecule has 0 aliphatic heterocycles. The minimum Gasteiger partial charge on any atom is -0.507 e. The van der Waals surface area contributed by atoms with Gasteiger partial charge in [0.15, 0.2) is 11.4 Å². The van der Waals surface area contributed by atoms with E-state index in [4.69, 9.17) is 4.42 Å². The van der Waals surface area contributed by atoms with Gasteiger partial charge in [-0.1, -0.05) is 12.1 Å². The van der Waals surface area contributed by atoms with E-state index in [1.54, 1.807) is 30.3 Å². The van der Waals surface area contributed by atoms with E-state index in [2.05, 4.69) is 4.98 Å². The molecule has 0 unspecified atom stereocenters. The van der Waals surface area contributed by atoms with Gasteiger partial charge in [-0.15, -0.1) is 0 Å². The van der Waals surface area contributed by atoms with E-state index in [0.717, 1.165) is 5.56 Å². The van der Waals surface area contributed by atoms with Gasteiger partial charge >= 0.3 is 0 Å². The summed E-state index contributed by atoms with van der Waals surface area (Å²) in [6, 6.07) is 10.5. The summed E-state index contributed by atoms with van der Waals surface area (Å²) in [4.78, 5) is 16.1. The highest BCUT2D eigenvalue weighted by Gasteiger charge is 2.16. The lowest BCUT2D eigenvalue weighted by Gasteiger charge is -1.99. The van der Waals surface area contributed by atoms with Crippen LogP contribution in [0.3, 0.4) is 0 Å². The summed E-state index contributed by atoms with van der Waals surface area (Å²) in [6.45, 7) is 3.40. The molecule has 1 N–H and O–H groups in total.